The SMILES string of the molecule is Cc1nn(-c2ccc(Cl)nn2)c(-c2ccccc2)c1C(C)C(=O)O. The van der Waals surface area contributed by atoms with Crippen LogP contribution in [0.2, 0.25) is 5.15 Å². The molecule has 1 N–H and O–H groups in total. The first-order valence-corrected chi connectivity index (χ1v) is 7.74. The van der Waals surface area contributed by atoms with Crippen LogP contribution in [-0.2, 0) is 4.79 Å². The summed E-state index contributed by atoms with van der Waals surface area (Å²) in [6.45, 7) is 3.44. The van der Waals surface area contributed by atoms with Gasteiger partial charge in [-0.15, -0.1) is 10.2 Å². The molecule has 1 atom stereocenters. The predicted octanol–water partition coefficient (Wildman–Crippen LogP) is 3.48. The van der Waals surface area contributed by atoms with Gasteiger partial charge in [0.05, 0.1) is 17.3 Å². The van der Waals surface area contributed by atoms with E-state index in [2.05, 4.69) is 15.3 Å². The van der Waals surface area contributed by atoms with Gasteiger partial charge in [-0.05, 0) is 26.0 Å². The zero-order chi connectivity index (χ0) is 17.3. The summed E-state index contributed by atoms with van der Waals surface area (Å²) in [6.07, 6.45) is 0. The van der Waals surface area contributed by atoms with E-state index < -0.39 is 11.9 Å². The topological polar surface area (TPSA) is 80.9 Å². The van der Waals surface area contributed by atoms with E-state index in [4.69, 9.17) is 11.6 Å². The minimum atomic E-state index is -0.906. The summed E-state index contributed by atoms with van der Waals surface area (Å²) in [4.78, 5) is 11.5. The van der Waals surface area contributed by atoms with Gasteiger partial charge < -0.3 is 5.11 Å². The van der Waals surface area contributed by atoms with Crippen molar-refractivity contribution >= 4 is 17.6 Å². The Balaban J connectivity index is 2.28. The van der Waals surface area contributed by atoms with E-state index in [1.165, 1.54) is 0 Å². The van der Waals surface area contributed by atoms with Gasteiger partial charge in [-0.1, -0.05) is 41.9 Å². The molecule has 6 nitrogen and oxygen atoms in total. The zero-order valence-electron chi connectivity index (χ0n) is 13.1. The normalized spacial score (nSPS) is 12.1. The van der Waals surface area contributed by atoms with Crippen LogP contribution < -0.4 is 0 Å². The van der Waals surface area contributed by atoms with Crippen molar-refractivity contribution in [2.75, 3.05) is 0 Å². The second-order valence-electron chi connectivity index (χ2n) is 5.40. The van der Waals surface area contributed by atoms with Crippen molar-refractivity contribution < 1.29 is 9.90 Å². The average Bonchev–Trinajstić information content (AvgIpc) is 2.92. The maximum Gasteiger partial charge on any atom is 0.310 e. The number of hydrogen-bond donors (Lipinski definition) is 1. The fourth-order valence-electron chi connectivity index (χ4n) is 2.64. The third kappa shape index (κ3) is 2.88. The number of halogens is 1. The lowest BCUT2D eigenvalue weighted by Crippen LogP contribution is -2.10. The lowest BCUT2D eigenvalue weighted by atomic mass is 9.95. The number of nitrogens with zero attached hydrogens (tertiary/aromatic N) is 4. The Morgan fingerprint density at radius 1 is 1.17 bits per heavy atom. The molecule has 0 bridgehead atoms. The molecule has 122 valence electrons. The molecular weight excluding hydrogens is 328 g/mol. The number of aryl methyl sites for hydroxylation is 1. The van der Waals surface area contributed by atoms with Gasteiger partial charge in [0, 0.05) is 11.1 Å². The fraction of sp³-hybridized carbons (Fsp3) is 0.176. The van der Waals surface area contributed by atoms with Crippen molar-refractivity contribution in [3.63, 3.8) is 0 Å². The largest absolute Gasteiger partial charge is 0.481 e. The quantitative estimate of drug-likeness (QED) is 0.785. The summed E-state index contributed by atoms with van der Waals surface area (Å²) in [7, 11) is 0. The Morgan fingerprint density at radius 3 is 2.46 bits per heavy atom. The number of rotatable bonds is 4. The standard InChI is InChI=1S/C17H15ClN4O2/c1-10(17(23)24)15-11(2)21-22(14-9-8-13(18)19-20-14)16(15)12-6-4-3-5-7-12/h3-10H,1-2H3,(H,23,24). The summed E-state index contributed by atoms with van der Waals surface area (Å²) < 4.78 is 1.61. The lowest BCUT2D eigenvalue weighted by Gasteiger charge is -2.12. The highest BCUT2D eigenvalue weighted by atomic mass is 35.5. The molecule has 2 aromatic heterocycles. The highest BCUT2D eigenvalue weighted by molar-refractivity contribution is 6.29. The van der Waals surface area contributed by atoms with Crippen LogP contribution in [0.3, 0.4) is 0 Å². The van der Waals surface area contributed by atoms with E-state index in [9.17, 15) is 9.90 Å². The van der Waals surface area contributed by atoms with Crippen molar-refractivity contribution in [1.82, 2.24) is 20.0 Å². The van der Waals surface area contributed by atoms with E-state index in [1.54, 1.807) is 30.7 Å². The molecule has 24 heavy (non-hydrogen) atoms. The van der Waals surface area contributed by atoms with Crippen LogP contribution in [0.15, 0.2) is 42.5 Å². The van der Waals surface area contributed by atoms with Crippen molar-refractivity contribution in [2.24, 2.45) is 0 Å². The highest BCUT2D eigenvalue weighted by Gasteiger charge is 2.26. The molecule has 3 rings (SSSR count). The second-order valence-corrected chi connectivity index (χ2v) is 5.79. The second kappa shape index (κ2) is 6.41. The molecule has 0 spiro atoms. The Bertz CT molecular complexity index is 876. The van der Waals surface area contributed by atoms with Crippen LogP contribution >= 0.6 is 11.6 Å². The van der Waals surface area contributed by atoms with Gasteiger partial charge in [0.25, 0.3) is 0 Å². The Morgan fingerprint density at radius 2 is 1.88 bits per heavy atom. The van der Waals surface area contributed by atoms with Gasteiger partial charge in [0.1, 0.15) is 0 Å². The maximum absolute atomic E-state index is 11.5. The Labute approximate surface area is 143 Å². The van der Waals surface area contributed by atoms with E-state index in [-0.39, 0.29) is 5.15 Å². The molecule has 1 aromatic carbocycles. The smallest absolute Gasteiger partial charge is 0.310 e. The van der Waals surface area contributed by atoms with Gasteiger partial charge in [-0.25, -0.2) is 4.68 Å². The fourth-order valence-corrected chi connectivity index (χ4v) is 2.74. The maximum atomic E-state index is 11.5. The van der Waals surface area contributed by atoms with Crippen molar-refractivity contribution in [3.05, 3.63) is 58.9 Å². The van der Waals surface area contributed by atoms with Crippen molar-refractivity contribution in [3.8, 4) is 17.1 Å². The molecular formula is C17H15ClN4O2. The zero-order valence-corrected chi connectivity index (χ0v) is 13.9. The Hall–Kier alpha value is -2.73. The van der Waals surface area contributed by atoms with Gasteiger partial charge in [0.2, 0.25) is 0 Å². The molecule has 7 heteroatoms. The Kier molecular flexibility index (Phi) is 4.31. The number of carboxylic acid groups (broad SMARTS) is 1. The third-order valence-electron chi connectivity index (χ3n) is 3.79. The summed E-state index contributed by atoms with van der Waals surface area (Å²) in [5.41, 5.74) is 2.85. The summed E-state index contributed by atoms with van der Waals surface area (Å²) in [5, 5.41) is 22.2. The van der Waals surface area contributed by atoms with Gasteiger partial charge >= 0.3 is 5.97 Å². The van der Waals surface area contributed by atoms with E-state index in [1.807, 2.05) is 30.3 Å². The number of carbonyl (C=O) groups is 1. The lowest BCUT2D eigenvalue weighted by molar-refractivity contribution is -0.138. The molecule has 0 saturated heterocycles. The van der Waals surface area contributed by atoms with Crippen LogP contribution in [0, 0.1) is 6.92 Å². The number of aromatic nitrogens is 4. The first-order valence-electron chi connectivity index (χ1n) is 7.36. The van der Waals surface area contributed by atoms with Crippen LogP contribution in [0.1, 0.15) is 24.1 Å². The van der Waals surface area contributed by atoms with Crippen LogP contribution in [0.5, 0.6) is 0 Å². The molecule has 0 radical (unpaired) electrons. The van der Waals surface area contributed by atoms with E-state index in [0.29, 0.717) is 22.8 Å². The predicted molar refractivity (Wildman–Crippen MR) is 90.4 cm³/mol. The van der Waals surface area contributed by atoms with Crippen molar-refractivity contribution in [1.29, 1.82) is 0 Å². The van der Waals surface area contributed by atoms with Crippen LogP contribution in [0.4, 0.5) is 0 Å². The number of carboxylic acids is 1. The minimum absolute atomic E-state index is 0.281. The first-order chi connectivity index (χ1) is 11.5. The van der Waals surface area contributed by atoms with Crippen LogP contribution in [0.25, 0.3) is 17.1 Å². The van der Waals surface area contributed by atoms with E-state index in [0.717, 1.165) is 5.56 Å². The molecule has 1 unspecified atom stereocenters. The molecule has 0 aliphatic carbocycles. The third-order valence-corrected chi connectivity index (χ3v) is 3.99. The van der Waals surface area contributed by atoms with Gasteiger partial charge in [-0.3, -0.25) is 4.79 Å². The molecule has 0 amide bonds. The van der Waals surface area contributed by atoms with Gasteiger partial charge in [-0.2, -0.15) is 5.10 Å². The molecule has 2 heterocycles. The molecule has 0 aliphatic heterocycles. The monoisotopic (exact) mass is 342 g/mol. The average molecular weight is 343 g/mol. The number of hydrogen-bond acceptors (Lipinski definition) is 4. The molecule has 0 aliphatic rings. The first kappa shape index (κ1) is 16.1. The molecule has 0 saturated carbocycles. The summed E-state index contributed by atoms with van der Waals surface area (Å²) >= 11 is 5.80. The minimum Gasteiger partial charge on any atom is -0.481 e. The molecule has 0 fully saturated rings. The summed E-state index contributed by atoms with van der Waals surface area (Å²) in [6, 6.07) is 12.8. The molecule has 3 aromatic rings. The van der Waals surface area contributed by atoms with Crippen LogP contribution in [-0.4, -0.2) is 31.1 Å². The number of benzene rings is 1. The van der Waals surface area contributed by atoms with Crippen molar-refractivity contribution in [2.45, 2.75) is 19.8 Å². The summed E-state index contributed by atoms with van der Waals surface area (Å²) in [5.74, 6) is -1.13. The van der Waals surface area contributed by atoms with Gasteiger partial charge in [0.15, 0.2) is 11.0 Å². The number of aliphatic carboxylic acids is 1. The van der Waals surface area contributed by atoms with E-state index >= 15 is 0 Å². The highest BCUT2D eigenvalue weighted by Crippen LogP contribution is 2.33.